The monoisotopic (exact) mass is 422 g/mol. The molecule has 3 rings (SSSR count). The molecular weight excluding hydrogens is 403 g/mol. The van der Waals surface area contributed by atoms with E-state index >= 15 is 0 Å². The SMILES string of the molecule is O=C(NCCOc1cccc(F)c1)N1CCOC(c2cccc(Br)c2)C1. The molecular formula is C19H20BrFN2O3. The highest BCUT2D eigenvalue weighted by atomic mass is 79.9. The van der Waals surface area contributed by atoms with Gasteiger partial charge in [0, 0.05) is 17.1 Å². The van der Waals surface area contributed by atoms with Crippen molar-refractivity contribution in [3.8, 4) is 5.75 Å². The Labute approximate surface area is 160 Å². The Hall–Kier alpha value is -2.12. The van der Waals surface area contributed by atoms with Crippen molar-refractivity contribution in [3.05, 3.63) is 64.4 Å². The zero-order chi connectivity index (χ0) is 18.4. The largest absolute Gasteiger partial charge is 0.492 e. The summed E-state index contributed by atoms with van der Waals surface area (Å²) in [5.74, 6) is 0.0961. The molecule has 0 bridgehead atoms. The average Bonchev–Trinajstić information content (AvgIpc) is 2.65. The van der Waals surface area contributed by atoms with Gasteiger partial charge in [-0.05, 0) is 29.8 Å². The van der Waals surface area contributed by atoms with E-state index in [9.17, 15) is 9.18 Å². The lowest BCUT2D eigenvalue weighted by molar-refractivity contribution is -0.0155. The summed E-state index contributed by atoms with van der Waals surface area (Å²) in [6, 6.07) is 13.7. The van der Waals surface area contributed by atoms with Crippen LogP contribution in [0.15, 0.2) is 53.0 Å². The van der Waals surface area contributed by atoms with E-state index in [4.69, 9.17) is 9.47 Å². The van der Waals surface area contributed by atoms with Gasteiger partial charge in [-0.2, -0.15) is 0 Å². The molecule has 0 spiro atoms. The minimum atomic E-state index is -0.349. The van der Waals surface area contributed by atoms with Gasteiger partial charge in [-0.15, -0.1) is 0 Å². The lowest BCUT2D eigenvalue weighted by Gasteiger charge is -2.33. The average molecular weight is 423 g/mol. The molecule has 1 fully saturated rings. The number of ether oxygens (including phenoxy) is 2. The Morgan fingerprint density at radius 3 is 2.96 bits per heavy atom. The van der Waals surface area contributed by atoms with Gasteiger partial charge in [-0.1, -0.05) is 34.1 Å². The van der Waals surface area contributed by atoms with E-state index in [2.05, 4.69) is 21.2 Å². The number of halogens is 2. The van der Waals surface area contributed by atoms with Crippen LogP contribution in [0.5, 0.6) is 5.75 Å². The summed E-state index contributed by atoms with van der Waals surface area (Å²) in [7, 11) is 0. The number of nitrogens with zero attached hydrogens (tertiary/aromatic N) is 1. The summed E-state index contributed by atoms with van der Waals surface area (Å²) in [6.07, 6.45) is -0.143. The van der Waals surface area contributed by atoms with Crippen LogP contribution in [0, 0.1) is 5.82 Å². The van der Waals surface area contributed by atoms with Crippen LogP contribution >= 0.6 is 15.9 Å². The standard InChI is InChI=1S/C19H20BrFN2O3/c20-15-4-1-3-14(11-15)18-13-23(8-10-26-18)19(24)22-7-9-25-17-6-2-5-16(21)12-17/h1-6,11-12,18H,7-10,13H2,(H,22,24). The number of rotatable bonds is 5. The lowest BCUT2D eigenvalue weighted by Crippen LogP contribution is -2.47. The van der Waals surface area contributed by atoms with E-state index in [1.165, 1.54) is 12.1 Å². The molecule has 2 amide bonds. The Morgan fingerprint density at radius 1 is 1.31 bits per heavy atom. The van der Waals surface area contributed by atoms with E-state index in [1.807, 2.05) is 24.3 Å². The van der Waals surface area contributed by atoms with Crippen LogP contribution in [0.1, 0.15) is 11.7 Å². The van der Waals surface area contributed by atoms with Crippen molar-refractivity contribution in [3.63, 3.8) is 0 Å². The van der Waals surface area contributed by atoms with Gasteiger partial charge in [0.25, 0.3) is 0 Å². The number of carbonyl (C=O) groups excluding carboxylic acids is 1. The minimum absolute atomic E-state index is 0.143. The molecule has 138 valence electrons. The van der Waals surface area contributed by atoms with Gasteiger partial charge in [-0.3, -0.25) is 0 Å². The second-order valence-electron chi connectivity index (χ2n) is 5.90. The zero-order valence-electron chi connectivity index (χ0n) is 14.2. The van der Waals surface area contributed by atoms with Crippen molar-refractivity contribution in [1.82, 2.24) is 10.2 Å². The molecule has 26 heavy (non-hydrogen) atoms. The fraction of sp³-hybridized carbons (Fsp3) is 0.316. The summed E-state index contributed by atoms with van der Waals surface area (Å²) in [5.41, 5.74) is 1.03. The second-order valence-corrected chi connectivity index (χ2v) is 6.81. The first-order chi connectivity index (χ1) is 12.6. The van der Waals surface area contributed by atoms with E-state index in [-0.39, 0.29) is 24.6 Å². The minimum Gasteiger partial charge on any atom is -0.492 e. The molecule has 0 aliphatic carbocycles. The number of benzene rings is 2. The topological polar surface area (TPSA) is 50.8 Å². The normalized spacial score (nSPS) is 17.0. The van der Waals surface area contributed by atoms with Gasteiger partial charge < -0.3 is 19.7 Å². The quantitative estimate of drug-likeness (QED) is 0.746. The molecule has 5 nitrogen and oxygen atoms in total. The molecule has 7 heteroatoms. The molecule has 1 unspecified atom stereocenters. The van der Waals surface area contributed by atoms with Crippen molar-refractivity contribution < 1.29 is 18.7 Å². The van der Waals surface area contributed by atoms with Crippen molar-refractivity contribution in [2.75, 3.05) is 32.8 Å². The number of carbonyl (C=O) groups is 1. The maximum absolute atomic E-state index is 13.1. The summed E-state index contributed by atoms with van der Waals surface area (Å²) in [6.45, 7) is 2.14. The number of nitrogens with one attached hydrogen (secondary N) is 1. The van der Waals surface area contributed by atoms with Crippen LogP contribution < -0.4 is 10.1 Å². The van der Waals surface area contributed by atoms with Crippen LogP contribution in [-0.4, -0.2) is 43.8 Å². The predicted molar refractivity (Wildman–Crippen MR) is 99.7 cm³/mol. The summed E-state index contributed by atoms with van der Waals surface area (Å²) < 4.78 is 25.3. The van der Waals surface area contributed by atoms with Gasteiger partial charge in [0.15, 0.2) is 0 Å². The van der Waals surface area contributed by atoms with Crippen molar-refractivity contribution >= 4 is 22.0 Å². The van der Waals surface area contributed by atoms with Crippen LogP contribution in [0.3, 0.4) is 0 Å². The molecule has 1 atom stereocenters. The molecule has 0 saturated carbocycles. The number of amides is 2. The molecule has 1 aliphatic rings. The molecule has 1 heterocycles. The lowest BCUT2D eigenvalue weighted by atomic mass is 10.1. The third-order valence-corrected chi connectivity index (χ3v) is 4.51. The van der Waals surface area contributed by atoms with Crippen molar-refractivity contribution in [1.29, 1.82) is 0 Å². The Bertz CT molecular complexity index is 759. The summed E-state index contributed by atoms with van der Waals surface area (Å²) in [5, 5.41) is 2.82. The van der Waals surface area contributed by atoms with E-state index in [0.29, 0.717) is 32.0 Å². The molecule has 0 radical (unpaired) electrons. The fourth-order valence-electron chi connectivity index (χ4n) is 2.74. The molecule has 1 aliphatic heterocycles. The highest BCUT2D eigenvalue weighted by Gasteiger charge is 2.25. The maximum atomic E-state index is 13.1. The maximum Gasteiger partial charge on any atom is 0.317 e. The smallest absolute Gasteiger partial charge is 0.317 e. The Morgan fingerprint density at radius 2 is 2.15 bits per heavy atom. The highest BCUT2D eigenvalue weighted by molar-refractivity contribution is 9.10. The summed E-state index contributed by atoms with van der Waals surface area (Å²) >= 11 is 3.45. The number of hydrogen-bond acceptors (Lipinski definition) is 3. The van der Waals surface area contributed by atoms with Gasteiger partial charge in [-0.25, -0.2) is 9.18 Å². The molecule has 0 aromatic heterocycles. The van der Waals surface area contributed by atoms with E-state index < -0.39 is 0 Å². The molecule has 2 aromatic carbocycles. The molecule has 1 N–H and O–H groups in total. The fourth-order valence-corrected chi connectivity index (χ4v) is 3.15. The zero-order valence-corrected chi connectivity index (χ0v) is 15.7. The summed E-state index contributed by atoms with van der Waals surface area (Å²) in [4.78, 5) is 14.1. The number of morpholine rings is 1. The molecule has 1 saturated heterocycles. The number of urea groups is 1. The predicted octanol–water partition coefficient (Wildman–Crippen LogP) is 3.75. The van der Waals surface area contributed by atoms with E-state index in [1.54, 1.807) is 17.0 Å². The van der Waals surface area contributed by atoms with Gasteiger partial charge in [0.05, 0.1) is 19.7 Å². The van der Waals surface area contributed by atoms with Crippen LogP contribution in [-0.2, 0) is 4.74 Å². The first-order valence-corrected chi connectivity index (χ1v) is 9.19. The Balaban J connectivity index is 1.45. The first-order valence-electron chi connectivity index (χ1n) is 8.40. The van der Waals surface area contributed by atoms with Gasteiger partial charge in [0.2, 0.25) is 0 Å². The third kappa shape index (κ3) is 5.19. The highest BCUT2D eigenvalue weighted by Crippen LogP contribution is 2.24. The van der Waals surface area contributed by atoms with Crippen LogP contribution in [0.25, 0.3) is 0 Å². The second kappa shape index (κ2) is 9.00. The first kappa shape index (κ1) is 18.7. The number of hydrogen-bond donors (Lipinski definition) is 1. The molecule has 2 aromatic rings. The van der Waals surface area contributed by atoms with Crippen LogP contribution in [0.4, 0.5) is 9.18 Å². The van der Waals surface area contributed by atoms with Gasteiger partial charge in [0.1, 0.15) is 24.3 Å². The Kier molecular flexibility index (Phi) is 6.46. The van der Waals surface area contributed by atoms with Gasteiger partial charge >= 0.3 is 6.03 Å². The third-order valence-electron chi connectivity index (χ3n) is 4.02. The van der Waals surface area contributed by atoms with Crippen molar-refractivity contribution in [2.45, 2.75) is 6.10 Å². The van der Waals surface area contributed by atoms with E-state index in [0.717, 1.165) is 10.0 Å². The van der Waals surface area contributed by atoms with Crippen molar-refractivity contribution in [2.24, 2.45) is 0 Å². The van der Waals surface area contributed by atoms with Crippen LogP contribution in [0.2, 0.25) is 0 Å².